The first-order valence-corrected chi connectivity index (χ1v) is 6.11. The maximum Gasteiger partial charge on any atom is 0.707 e. The second kappa shape index (κ2) is 4.94. The molecule has 0 unspecified atom stereocenters. The molecule has 1 aromatic carbocycles. The summed E-state index contributed by atoms with van der Waals surface area (Å²) in [6.07, 6.45) is 0. The summed E-state index contributed by atoms with van der Waals surface area (Å²) in [6.45, 7) is 12.3. The van der Waals surface area contributed by atoms with Crippen molar-refractivity contribution in [2.24, 2.45) is 0 Å². The van der Waals surface area contributed by atoms with E-state index in [0.29, 0.717) is 0 Å². The Hall–Kier alpha value is -0.995. The van der Waals surface area contributed by atoms with Crippen LogP contribution in [-0.4, -0.2) is 17.4 Å². The topological polar surface area (TPSA) is 49.7 Å². The Morgan fingerprint density at radius 1 is 1.00 bits per heavy atom. The van der Waals surface area contributed by atoms with Gasteiger partial charge in [0.25, 0.3) is 0 Å². The van der Waals surface area contributed by atoms with E-state index in [0.717, 1.165) is 11.1 Å². The molecule has 0 spiro atoms. The summed E-state index contributed by atoms with van der Waals surface area (Å²) < 4.78 is 13.1. The van der Waals surface area contributed by atoms with Gasteiger partial charge in [0.05, 0.1) is 1.37 Å². The van der Waals surface area contributed by atoms with Crippen LogP contribution in [0.3, 0.4) is 0 Å². The van der Waals surface area contributed by atoms with Crippen molar-refractivity contribution in [1.82, 2.24) is 0 Å². The van der Waals surface area contributed by atoms with Gasteiger partial charge in [-0.25, -0.2) is 0 Å². The summed E-state index contributed by atoms with van der Waals surface area (Å²) >= 11 is 0. The molecule has 2 N–H and O–H groups in total. The van der Waals surface area contributed by atoms with Crippen molar-refractivity contribution in [2.45, 2.75) is 52.4 Å². The van der Waals surface area contributed by atoms with Crippen LogP contribution in [0.2, 0.25) is 0 Å². The van der Waals surface area contributed by atoms with Crippen LogP contribution in [0, 0.1) is 0 Å². The number of rotatable bonds is 2. The lowest BCUT2D eigenvalue weighted by molar-refractivity contribution is 0.287. The molecule has 3 nitrogen and oxygen atoms in total. The van der Waals surface area contributed by atoms with Crippen LogP contribution >= 0.6 is 0 Å². The highest BCUT2D eigenvalue weighted by atomic mass is 16.6. The van der Waals surface area contributed by atoms with Crippen LogP contribution in [0.4, 0.5) is 0 Å². The van der Waals surface area contributed by atoms with E-state index >= 15 is 0 Å². The van der Waals surface area contributed by atoms with Crippen LogP contribution in [-0.2, 0) is 10.8 Å². The molecule has 100 valence electrons. The predicted molar refractivity (Wildman–Crippen MR) is 74.7 cm³/mol. The van der Waals surface area contributed by atoms with E-state index in [4.69, 9.17) is 16.1 Å². The zero-order chi connectivity index (χ0) is 15.0. The van der Waals surface area contributed by atoms with Gasteiger partial charge in [-0.1, -0.05) is 47.6 Å². The molecule has 0 bridgehead atoms. The van der Waals surface area contributed by atoms with Crippen molar-refractivity contribution in [3.05, 3.63) is 29.3 Å². The van der Waals surface area contributed by atoms with E-state index in [9.17, 15) is 0 Å². The summed E-state index contributed by atoms with van der Waals surface area (Å²) in [7, 11) is -1.91. The summed E-state index contributed by atoms with van der Waals surface area (Å²) in [5, 5.41) is 17.9. The summed E-state index contributed by atoms with van der Waals surface area (Å²) in [6, 6.07) is 3.91. The highest BCUT2D eigenvalue weighted by Gasteiger charge is 2.22. The molecule has 0 aromatic heterocycles. The van der Waals surface area contributed by atoms with Gasteiger partial charge in [-0.3, -0.25) is 0 Å². The van der Waals surface area contributed by atoms with Crippen LogP contribution in [0.15, 0.2) is 18.2 Å². The maximum atomic E-state index is 8.97. The first-order valence-electron chi connectivity index (χ1n) is 6.61. The third-order valence-corrected chi connectivity index (χ3v) is 2.75. The maximum absolute atomic E-state index is 8.97. The molecule has 0 amide bonds. The van der Waals surface area contributed by atoms with Crippen LogP contribution in [0.25, 0.3) is 0 Å². The van der Waals surface area contributed by atoms with Crippen molar-refractivity contribution >= 4 is 7.32 Å². The fourth-order valence-corrected chi connectivity index (χ4v) is 1.56. The molecule has 4 heteroatoms. The molecule has 0 aliphatic rings. The van der Waals surface area contributed by atoms with E-state index < -0.39 is 7.32 Å². The summed E-state index contributed by atoms with van der Waals surface area (Å²) in [5.41, 5.74) is 1.52. The summed E-state index contributed by atoms with van der Waals surface area (Å²) in [4.78, 5) is 0. The van der Waals surface area contributed by atoms with E-state index in [-0.39, 0.29) is 22.6 Å². The highest BCUT2D eigenvalue weighted by molar-refractivity contribution is 6.33. The minimum Gasteiger partial charge on any atom is -0.512 e. The van der Waals surface area contributed by atoms with Crippen LogP contribution < -0.4 is 4.65 Å². The van der Waals surface area contributed by atoms with Gasteiger partial charge >= 0.3 is 7.32 Å². The molecular weight excluding hydrogens is 227 g/mol. The normalized spacial score (nSPS) is 13.2. The molecule has 1 rings (SSSR count). The van der Waals surface area contributed by atoms with Gasteiger partial charge in [-0.15, -0.1) is 0 Å². The zero-order valence-corrected chi connectivity index (χ0v) is 12.0. The quantitative estimate of drug-likeness (QED) is 0.794. The highest BCUT2D eigenvalue weighted by Crippen LogP contribution is 2.32. The van der Waals surface area contributed by atoms with Crippen molar-refractivity contribution in [1.29, 1.82) is 0 Å². The lowest BCUT2D eigenvalue weighted by Crippen LogP contribution is -2.22. The molecule has 18 heavy (non-hydrogen) atoms. The zero-order valence-electron chi connectivity index (χ0n) is 13.0. The standard InChI is InChI=1S/C14H23BO3/c1-13(2,3)10-7-11(14(4,5)6)9-12(8-10)18-15(16)17/h7-9,16-17H,1-6H3/i8D. The molecule has 0 heterocycles. The van der Waals surface area contributed by atoms with Gasteiger partial charge < -0.3 is 14.7 Å². The van der Waals surface area contributed by atoms with Crippen molar-refractivity contribution in [3.63, 3.8) is 0 Å². The lowest BCUT2D eigenvalue weighted by Gasteiger charge is -2.26. The fraction of sp³-hybridized carbons (Fsp3) is 0.571. The SMILES string of the molecule is [2H]c1c(OB(O)O)cc(C(C)(C)C)cc1C(C)(C)C. The fourth-order valence-electron chi connectivity index (χ4n) is 1.56. The monoisotopic (exact) mass is 251 g/mol. The molecule has 0 radical (unpaired) electrons. The smallest absolute Gasteiger partial charge is 0.512 e. The Kier molecular flexibility index (Phi) is 3.69. The van der Waals surface area contributed by atoms with Crippen molar-refractivity contribution < 1.29 is 16.1 Å². The van der Waals surface area contributed by atoms with E-state index in [1.807, 2.05) is 26.8 Å². The Balaban J connectivity index is 3.48. The van der Waals surface area contributed by atoms with Gasteiger partial charge in [0.15, 0.2) is 0 Å². The third-order valence-electron chi connectivity index (χ3n) is 2.75. The second-order valence-corrected chi connectivity index (χ2v) is 6.59. The molecular formula is C14H23BO3. The molecule has 0 saturated carbocycles. The number of benzene rings is 1. The Labute approximate surface area is 111 Å². The minimum absolute atomic E-state index is 0.105. The van der Waals surface area contributed by atoms with Gasteiger partial charge in [-0.05, 0) is 34.1 Å². The third kappa shape index (κ3) is 4.04. The Bertz CT molecular complexity index is 459. The van der Waals surface area contributed by atoms with E-state index in [1.54, 1.807) is 6.07 Å². The largest absolute Gasteiger partial charge is 0.707 e. The predicted octanol–water partition coefficient (Wildman–Crippen LogP) is 2.63. The minimum atomic E-state index is -1.91. The average molecular weight is 251 g/mol. The molecule has 0 saturated heterocycles. The summed E-state index contributed by atoms with van der Waals surface area (Å²) in [5.74, 6) is 0.201. The molecule has 0 aliphatic carbocycles. The molecule has 0 atom stereocenters. The van der Waals surface area contributed by atoms with Crippen molar-refractivity contribution in [3.8, 4) is 5.75 Å². The van der Waals surface area contributed by atoms with E-state index in [2.05, 4.69) is 20.8 Å². The van der Waals surface area contributed by atoms with Crippen LogP contribution in [0.5, 0.6) is 5.75 Å². The first kappa shape index (κ1) is 13.4. The second-order valence-electron chi connectivity index (χ2n) is 6.59. The van der Waals surface area contributed by atoms with Gasteiger partial charge in [0, 0.05) is 0 Å². The molecule has 1 aromatic rings. The lowest BCUT2D eigenvalue weighted by atomic mass is 9.80. The Morgan fingerprint density at radius 3 is 1.89 bits per heavy atom. The Morgan fingerprint density at radius 2 is 1.50 bits per heavy atom. The molecule has 0 aliphatic heterocycles. The average Bonchev–Trinajstić information content (AvgIpc) is 2.16. The number of hydrogen-bond acceptors (Lipinski definition) is 3. The first-order chi connectivity index (χ1) is 8.43. The van der Waals surface area contributed by atoms with E-state index in [1.165, 1.54) is 0 Å². The van der Waals surface area contributed by atoms with Gasteiger partial charge in [0.2, 0.25) is 0 Å². The van der Waals surface area contributed by atoms with Gasteiger partial charge in [-0.2, -0.15) is 0 Å². The molecule has 0 fully saturated rings. The van der Waals surface area contributed by atoms with Gasteiger partial charge in [0.1, 0.15) is 5.75 Å². The van der Waals surface area contributed by atoms with Crippen LogP contribution in [0.1, 0.15) is 54.0 Å². The number of hydrogen-bond donors (Lipinski definition) is 2. The van der Waals surface area contributed by atoms with Crippen molar-refractivity contribution in [2.75, 3.05) is 0 Å².